The van der Waals surface area contributed by atoms with Gasteiger partial charge in [0.2, 0.25) is 5.88 Å². The fourth-order valence-electron chi connectivity index (χ4n) is 3.20. The second kappa shape index (κ2) is 6.37. The molecule has 0 spiro atoms. The van der Waals surface area contributed by atoms with E-state index >= 15 is 0 Å². The summed E-state index contributed by atoms with van der Waals surface area (Å²) in [5.74, 6) is 0.443. The summed E-state index contributed by atoms with van der Waals surface area (Å²) >= 11 is 0. The molecule has 24 heavy (non-hydrogen) atoms. The minimum Gasteiger partial charge on any atom is -0.391 e. The number of nitrogens with zero attached hydrogens (tertiary/aromatic N) is 3. The van der Waals surface area contributed by atoms with Crippen molar-refractivity contribution in [3.8, 4) is 5.88 Å². The average Bonchev–Trinajstić information content (AvgIpc) is 2.59. The van der Waals surface area contributed by atoms with E-state index in [-0.39, 0.29) is 6.09 Å². The van der Waals surface area contributed by atoms with Crippen molar-refractivity contribution in [2.75, 3.05) is 39.4 Å². The summed E-state index contributed by atoms with van der Waals surface area (Å²) in [6.45, 7) is 7.49. The van der Waals surface area contributed by atoms with E-state index in [1.54, 1.807) is 4.90 Å². The van der Waals surface area contributed by atoms with Crippen molar-refractivity contribution >= 4 is 17.0 Å². The van der Waals surface area contributed by atoms with Crippen LogP contribution in [-0.4, -0.2) is 60.3 Å². The summed E-state index contributed by atoms with van der Waals surface area (Å²) in [5, 5.41) is 1.08. The topological polar surface area (TPSA) is 54.9 Å². The summed E-state index contributed by atoms with van der Waals surface area (Å²) < 4.78 is 10.8. The van der Waals surface area contributed by atoms with E-state index in [0.717, 1.165) is 49.3 Å². The van der Waals surface area contributed by atoms with Crippen LogP contribution in [-0.2, 0) is 11.3 Å². The Morgan fingerprint density at radius 1 is 1.17 bits per heavy atom. The Morgan fingerprint density at radius 3 is 2.83 bits per heavy atom. The Bertz CT molecular complexity index is 771. The molecule has 3 heterocycles. The molecule has 1 amide bonds. The second-order valence-electron chi connectivity index (χ2n) is 6.39. The van der Waals surface area contributed by atoms with E-state index < -0.39 is 0 Å². The molecular weight excluding hydrogens is 306 g/mol. The van der Waals surface area contributed by atoms with E-state index in [0.29, 0.717) is 19.0 Å². The zero-order valence-electron chi connectivity index (χ0n) is 13.8. The van der Waals surface area contributed by atoms with Gasteiger partial charge in [0, 0.05) is 37.1 Å². The van der Waals surface area contributed by atoms with Crippen LogP contribution in [0.15, 0.2) is 24.3 Å². The van der Waals surface area contributed by atoms with Crippen LogP contribution in [0.5, 0.6) is 5.88 Å². The van der Waals surface area contributed by atoms with Gasteiger partial charge in [-0.15, -0.1) is 0 Å². The van der Waals surface area contributed by atoms with E-state index in [2.05, 4.69) is 28.9 Å². The third-order valence-electron chi connectivity index (χ3n) is 4.60. The quantitative estimate of drug-likeness (QED) is 0.865. The number of hydrogen-bond acceptors (Lipinski definition) is 5. The highest BCUT2D eigenvalue weighted by molar-refractivity contribution is 5.82. The van der Waals surface area contributed by atoms with Gasteiger partial charge in [-0.1, -0.05) is 11.6 Å². The fourth-order valence-corrected chi connectivity index (χ4v) is 3.20. The first-order valence-corrected chi connectivity index (χ1v) is 8.36. The van der Waals surface area contributed by atoms with Gasteiger partial charge < -0.3 is 14.4 Å². The molecule has 1 saturated heterocycles. The average molecular weight is 327 g/mol. The number of pyridine rings is 1. The molecule has 1 aromatic heterocycles. The van der Waals surface area contributed by atoms with Crippen molar-refractivity contribution in [3.05, 3.63) is 35.4 Å². The van der Waals surface area contributed by atoms with E-state index in [1.807, 2.05) is 12.1 Å². The minimum atomic E-state index is -0.310. The minimum absolute atomic E-state index is 0.310. The van der Waals surface area contributed by atoms with Crippen LogP contribution >= 0.6 is 0 Å². The maximum absolute atomic E-state index is 12.2. The molecule has 6 nitrogen and oxygen atoms in total. The van der Waals surface area contributed by atoms with Crippen molar-refractivity contribution in [1.29, 1.82) is 0 Å². The third kappa shape index (κ3) is 3.07. The zero-order chi connectivity index (χ0) is 16.5. The molecule has 2 aliphatic rings. The summed E-state index contributed by atoms with van der Waals surface area (Å²) in [4.78, 5) is 20.8. The monoisotopic (exact) mass is 327 g/mol. The first kappa shape index (κ1) is 15.4. The number of morpholine rings is 1. The maximum atomic E-state index is 12.2. The number of aromatic nitrogens is 1. The molecule has 6 heteroatoms. The van der Waals surface area contributed by atoms with Crippen molar-refractivity contribution in [1.82, 2.24) is 14.8 Å². The van der Waals surface area contributed by atoms with Crippen LogP contribution in [0.25, 0.3) is 10.9 Å². The third-order valence-corrected chi connectivity index (χ3v) is 4.60. The molecule has 1 aromatic carbocycles. The predicted octanol–water partition coefficient (Wildman–Crippen LogP) is 2.19. The lowest BCUT2D eigenvalue weighted by molar-refractivity contribution is 0.0328. The fraction of sp³-hybridized carbons (Fsp3) is 0.444. The number of hydrogen-bond donors (Lipinski definition) is 0. The lowest BCUT2D eigenvalue weighted by atomic mass is 10.1. The van der Waals surface area contributed by atoms with Crippen LogP contribution in [0.3, 0.4) is 0 Å². The van der Waals surface area contributed by atoms with Crippen LogP contribution in [0.4, 0.5) is 4.79 Å². The molecule has 0 saturated carbocycles. The molecule has 2 aliphatic heterocycles. The SMILES string of the molecule is Cc1ccc2nc3c(cc2c1)CN(CCN1CCOCC1)C(=O)O3. The zero-order valence-corrected chi connectivity index (χ0v) is 13.8. The summed E-state index contributed by atoms with van der Waals surface area (Å²) in [6.07, 6.45) is -0.310. The molecule has 1 fully saturated rings. The molecule has 126 valence electrons. The number of ether oxygens (including phenoxy) is 2. The molecule has 0 N–H and O–H groups in total. The van der Waals surface area contributed by atoms with Gasteiger partial charge in [-0.25, -0.2) is 9.78 Å². The molecule has 0 atom stereocenters. The van der Waals surface area contributed by atoms with E-state index in [4.69, 9.17) is 9.47 Å². The van der Waals surface area contributed by atoms with Gasteiger partial charge in [0.15, 0.2) is 0 Å². The van der Waals surface area contributed by atoms with Gasteiger partial charge in [0.25, 0.3) is 0 Å². The van der Waals surface area contributed by atoms with Crippen molar-refractivity contribution < 1.29 is 14.3 Å². The highest BCUT2D eigenvalue weighted by atomic mass is 16.6. The van der Waals surface area contributed by atoms with Crippen LogP contribution in [0.1, 0.15) is 11.1 Å². The van der Waals surface area contributed by atoms with Crippen LogP contribution in [0.2, 0.25) is 0 Å². The van der Waals surface area contributed by atoms with Crippen molar-refractivity contribution in [3.63, 3.8) is 0 Å². The molecule has 4 rings (SSSR count). The Hall–Kier alpha value is -2.18. The van der Waals surface area contributed by atoms with Gasteiger partial charge in [-0.05, 0) is 25.1 Å². The number of fused-ring (bicyclic) bond motifs is 2. The number of amides is 1. The summed E-state index contributed by atoms with van der Waals surface area (Å²) in [6, 6.07) is 8.17. The molecule has 0 radical (unpaired) electrons. The van der Waals surface area contributed by atoms with Gasteiger partial charge in [0.1, 0.15) is 0 Å². The van der Waals surface area contributed by atoms with Gasteiger partial charge in [-0.2, -0.15) is 0 Å². The maximum Gasteiger partial charge on any atom is 0.416 e. The highest BCUT2D eigenvalue weighted by Crippen LogP contribution is 2.28. The Morgan fingerprint density at radius 2 is 2.00 bits per heavy atom. The number of carbonyl (C=O) groups is 1. The predicted molar refractivity (Wildman–Crippen MR) is 90.2 cm³/mol. The van der Waals surface area contributed by atoms with E-state index in [9.17, 15) is 4.79 Å². The van der Waals surface area contributed by atoms with E-state index in [1.165, 1.54) is 5.56 Å². The van der Waals surface area contributed by atoms with Gasteiger partial charge >= 0.3 is 6.09 Å². The number of carbonyl (C=O) groups excluding carboxylic acids is 1. The van der Waals surface area contributed by atoms with Crippen LogP contribution in [0, 0.1) is 6.92 Å². The largest absolute Gasteiger partial charge is 0.416 e. The van der Waals surface area contributed by atoms with Crippen molar-refractivity contribution in [2.24, 2.45) is 0 Å². The molecule has 0 unspecified atom stereocenters. The Kier molecular flexibility index (Phi) is 4.08. The number of aryl methyl sites for hydroxylation is 1. The first-order chi connectivity index (χ1) is 11.7. The molecule has 2 aromatic rings. The van der Waals surface area contributed by atoms with Gasteiger partial charge in [0.05, 0.1) is 25.3 Å². The van der Waals surface area contributed by atoms with Crippen molar-refractivity contribution in [2.45, 2.75) is 13.5 Å². The standard InChI is InChI=1S/C18H21N3O3/c1-13-2-3-16-14(10-13)11-15-12-21(18(22)24-17(15)19-16)5-4-20-6-8-23-9-7-20/h2-3,10-11H,4-9,12H2,1H3. The Balaban J connectivity index is 1.51. The first-order valence-electron chi connectivity index (χ1n) is 8.36. The molecular formula is C18H21N3O3. The molecule has 0 bridgehead atoms. The Labute approximate surface area is 141 Å². The highest BCUT2D eigenvalue weighted by Gasteiger charge is 2.27. The van der Waals surface area contributed by atoms with Gasteiger partial charge in [-0.3, -0.25) is 4.90 Å². The summed E-state index contributed by atoms with van der Waals surface area (Å²) in [7, 11) is 0. The van der Waals surface area contributed by atoms with Crippen LogP contribution < -0.4 is 4.74 Å². The molecule has 0 aliphatic carbocycles. The summed E-state index contributed by atoms with van der Waals surface area (Å²) in [5.41, 5.74) is 3.02. The smallest absolute Gasteiger partial charge is 0.391 e. The lowest BCUT2D eigenvalue weighted by Crippen LogP contribution is -2.45. The number of benzene rings is 1. The normalized spacial score (nSPS) is 18.5. The second-order valence-corrected chi connectivity index (χ2v) is 6.39. The number of rotatable bonds is 3. The lowest BCUT2D eigenvalue weighted by Gasteiger charge is -2.31.